The van der Waals surface area contributed by atoms with Gasteiger partial charge in [-0.3, -0.25) is 0 Å². The number of phenolic OH excluding ortho intramolecular Hbond substituents is 1. The van der Waals surface area contributed by atoms with E-state index in [2.05, 4.69) is 13.8 Å². The monoisotopic (exact) mass is 314 g/mol. The molecule has 3 aliphatic rings. The van der Waals surface area contributed by atoms with Crippen LogP contribution in [0.2, 0.25) is 0 Å². The summed E-state index contributed by atoms with van der Waals surface area (Å²) in [6.45, 7) is 6.62. The van der Waals surface area contributed by atoms with Crippen LogP contribution >= 0.6 is 0 Å². The lowest BCUT2D eigenvalue weighted by atomic mass is 9.53. The Labute approximate surface area is 139 Å². The van der Waals surface area contributed by atoms with E-state index in [1.807, 2.05) is 19.1 Å². The third-order valence-corrected chi connectivity index (χ3v) is 7.67. The summed E-state index contributed by atoms with van der Waals surface area (Å²) in [5, 5.41) is 20.2. The molecule has 2 saturated carbocycles. The van der Waals surface area contributed by atoms with Gasteiger partial charge in [-0.1, -0.05) is 6.92 Å². The molecule has 0 radical (unpaired) electrons. The molecule has 0 aliphatic heterocycles. The second-order valence-electron chi connectivity index (χ2n) is 8.72. The topological polar surface area (TPSA) is 40.5 Å². The molecule has 1 aromatic carbocycles. The molecule has 0 aromatic heterocycles. The molecule has 0 spiro atoms. The molecule has 126 valence electrons. The van der Waals surface area contributed by atoms with E-state index in [4.69, 9.17) is 0 Å². The van der Waals surface area contributed by atoms with Gasteiger partial charge in [0.15, 0.2) is 0 Å². The van der Waals surface area contributed by atoms with Gasteiger partial charge >= 0.3 is 0 Å². The van der Waals surface area contributed by atoms with E-state index in [1.54, 1.807) is 5.56 Å². The molecule has 1 aromatic rings. The average molecular weight is 314 g/mol. The van der Waals surface area contributed by atoms with Crippen LogP contribution in [0.25, 0.3) is 0 Å². The smallest absolute Gasteiger partial charge is 0.116 e. The number of benzene rings is 1. The van der Waals surface area contributed by atoms with Crippen molar-refractivity contribution in [3.8, 4) is 5.75 Å². The third kappa shape index (κ3) is 2.17. The lowest BCUT2D eigenvalue weighted by Gasteiger charge is -2.51. The van der Waals surface area contributed by atoms with E-state index in [9.17, 15) is 10.2 Å². The van der Waals surface area contributed by atoms with Crippen molar-refractivity contribution >= 4 is 0 Å². The molecule has 2 N–H and O–H groups in total. The summed E-state index contributed by atoms with van der Waals surface area (Å²) in [5.74, 6) is 3.12. The number of fused-ring (bicyclic) bond motifs is 5. The minimum atomic E-state index is -0.170. The molecule has 0 bridgehead atoms. The number of hydrogen-bond acceptors (Lipinski definition) is 2. The highest BCUT2D eigenvalue weighted by Crippen LogP contribution is 2.63. The summed E-state index contributed by atoms with van der Waals surface area (Å²) in [6, 6.07) is 3.95. The minimum absolute atomic E-state index is 0.170. The number of hydrogen-bond donors (Lipinski definition) is 2. The van der Waals surface area contributed by atoms with Gasteiger partial charge in [0.1, 0.15) is 5.75 Å². The highest BCUT2D eigenvalue weighted by atomic mass is 16.3. The largest absolute Gasteiger partial charge is 0.508 e. The van der Waals surface area contributed by atoms with Crippen LogP contribution in [-0.2, 0) is 6.42 Å². The maximum absolute atomic E-state index is 10.3. The molecule has 2 fully saturated rings. The van der Waals surface area contributed by atoms with Gasteiger partial charge in [-0.25, -0.2) is 0 Å². The van der Waals surface area contributed by atoms with Gasteiger partial charge in [-0.15, -0.1) is 0 Å². The Kier molecular flexibility index (Phi) is 3.53. The molecule has 0 saturated heterocycles. The second-order valence-corrected chi connectivity index (χ2v) is 8.72. The van der Waals surface area contributed by atoms with Crippen LogP contribution in [0, 0.1) is 30.1 Å². The van der Waals surface area contributed by atoms with Gasteiger partial charge in [0.2, 0.25) is 0 Å². The SMILES string of the molecule is Cc1cc(O)cc2c1C1CC[C@@]3(C)C(CC[C@@H]3C(C)O)C1CC2. The fraction of sp³-hybridized carbons (Fsp3) is 0.714. The number of aliphatic hydroxyl groups excluding tert-OH is 1. The van der Waals surface area contributed by atoms with E-state index in [0.717, 1.165) is 18.3 Å². The Hall–Kier alpha value is -1.02. The first-order valence-corrected chi connectivity index (χ1v) is 9.42. The van der Waals surface area contributed by atoms with E-state index < -0.39 is 0 Å². The van der Waals surface area contributed by atoms with Gasteiger partial charge in [-0.2, -0.15) is 0 Å². The zero-order chi connectivity index (χ0) is 16.4. The summed E-state index contributed by atoms with van der Waals surface area (Å²) >= 11 is 0. The first-order valence-electron chi connectivity index (χ1n) is 9.42. The number of rotatable bonds is 1. The van der Waals surface area contributed by atoms with Gasteiger partial charge in [-0.05, 0) is 110 Å². The molecular weight excluding hydrogens is 284 g/mol. The quantitative estimate of drug-likeness (QED) is 0.798. The summed E-state index contributed by atoms with van der Waals surface area (Å²) < 4.78 is 0. The average Bonchev–Trinajstić information content (AvgIpc) is 2.83. The minimum Gasteiger partial charge on any atom is -0.508 e. The lowest BCUT2D eigenvalue weighted by Crippen LogP contribution is -2.44. The van der Waals surface area contributed by atoms with Crippen molar-refractivity contribution < 1.29 is 10.2 Å². The van der Waals surface area contributed by atoms with Crippen LogP contribution in [0.3, 0.4) is 0 Å². The molecule has 4 rings (SSSR count). The van der Waals surface area contributed by atoms with Gasteiger partial charge in [0, 0.05) is 0 Å². The van der Waals surface area contributed by atoms with Crippen molar-refractivity contribution in [1.29, 1.82) is 0 Å². The molecule has 23 heavy (non-hydrogen) atoms. The Bertz CT molecular complexity index is 621. The Morgan fingerprint density at radius 1 is 1.17 bits per heavy atom. The fourth-order valence-corrected chi connectivity index (χ4v) is 6.79. The van der Waals surface area contributed by atoms with E-state index in [1.165, 1.54) is 43.2 Å². The van der Waals surface area contributed by atoms with E-state index >= 15 is 0 Å². The zero-order valence-electron chi connectivity index (χ0n) is 14.7. The van der Waals surface area contributed by atoms with Crippen LogP contribution in [0.4, 0.5) is 0 Å². The summed E-state index contributed by atoms with van der Waals surface area (Å²) in [5.41, 5.74) is 4.54. The number of aliphatic hydroxyl groups is 1. The Morgan fingerprint density at radius 2 is 1.96 bits per heavy atom. The molecule has 3 aliphatic carbocycles. The lowest BCUT2D eigenvalue weighted by molar-refractivity contribution is -0.0181. The molecule has 2 heteroatoms. The Balaban J connectivity index is 1.71. The predicted molar refractivity (Wildman–Crippen MR) is 92.6 cm³/mol. The van der Waals surface area contributed by atoms with Gasteiger partial charge in [0.25, 0.3) is 0 Å². The first kappa shape index (κ1) is 15.5. The van der Waals surface area contributed by atoms with Crippen LogP contribution in [0.1, 0.15) is 68.6 Å². The van der Waals surface area contributed by atoms with E-state index in [-0.39, 0.29) is 6.10 Å². The van der Waals surface area contributed by atoms with Crippen LogP contribution < -0.4 is 0 Å². The van der Waals surface area contributed by atoms with Crippen LogP contribution in [0.5, 0.6) is 5.75 Å². The van der Waals surface area contributed by atoms with Gasteiger partial charge in [0.05, 0.1) is 6.10 Å². The zero-order valence-corrected chi connectivity index (χ0v) is 14.7. The van der Waals surface area contributed by atoms with Crippen molar-refractivity contribution in [3.05, 3.63) is 28.8 Å². The van der Waals surface area contributed by atoms with Crippen molar-refractivity contribution in [2.45, 2.75) is 71.3 Å². The van der Waals surface area contributed by atoms with E-state index in [0.29, 0.717) is 23.0 Å². The van der Waals surface area contributed by atoms with Crippen molar-refractivity contribution in [2.75, 3.05) is 0 Å². The predicted octanol–water partition coefficient (Wildman–Crippen LogP) is 4.55. The molecule has 0 heterocycles. The molecular formula is C21H30O2. The highest BCUT2D eigenvalue weighted by molar-refractivity contribution is 5.45. The number of phenols is 1. The maximum Gasteiger partial charge on any atom is 0.116 e. The number of aromatic hydroxyl groups is 1. The summed E-state index contributed by atoms with van der Waals surface area (Å²) in [6.07, 6.45) is 7.18. The molecule has 0 amide bonds. The molecule has 2 nitrogen and oxygen atoms in total. The molecule has 6 atom stereocenters. The van der Waals surface area contributed by atoms with Crippen LogP contribution in [-0.4, -0.2) is 16.3 Å². The van der Waals surface area contributed by atoms with Gasteiger partial charge < -0.3 is 10.2 Å². The fourth-order valence-electron chi connectivity index (χ4n) is 6.79. The van der Waals surface area contributed by atoms with Crippen molar-refractivity contribution in [1.82, 2.24) is 0 Å². The maximum atomic E-state index is 10.3. The summed E-state index contributed by atoms with van der Waals surface area (Å²) in [4.78, 5) is 0. The second kappa shape index (κ2) is 5.24. The standard InChI is InChI=1S/C21H30O2/c1-12-10-15(23)11-14-4-5-16-17(20(12)14)8-9-21(3)18(13(2)22)6-7-19(16)21/h10-11,13,16-19,22-23H,4-9H2,1-3H3/t13?,16?,17?,18-,19?,21-/m1/s1. The summed E-state index contributed by atoms with van der Waals surface area (Å²) in [7, 11) is 0. The van der Waals surface area contributed by atoms with Crippen molar-refractivity contribution in [3.63, 3.8) is 0 Å². The number of aryl methyl sites for hydroxylation is 2. The van der Waals surface area contributed by atoms with Crippen LogP contribution in [0.15, 0.2) is 12.1 Å². The van der Waals surface area contributed by atoms with Crippen molar-refractivity contribution in [2.24, 2.45) is 23.2 Å². The highest BCUT2D eigenvalue weighted by Gasteiger charge is 2.55. The third-order valence-electron chi connectivity index (χ3n) is 7.67. The molecule has 4 unspecified atom stereocenters. The Morgan fingerprint density at radius 3 is 2.70 bits per heavy atom. The normalized spacial score (nSPS) is 40.2. The first-order chi connectivity index (χ1) is 10.9.